The molecule has 1 aliphatic heterocycles. The van der Waals surface area contributed by atoms with Gasteiger partial charge in [-0.15, -0.1) is 0 Å². The van der Waals surface area contributed by atoms with E-state index in [9.17, 15) is 14.7 Å². The largest absolute Gasteiger partial charge is 0.480 e. The second-order valence-corrected chi connectivity index (χ2v) is 5.17. The van der Waals surface area contributed by atoms with Crippen molar-refractivity contribution >= 4 is 27.7 Å². The topological polar surface area (TPSA) is 76.5 Å². The predicted molar refractivity (Wildman–Crippen MR) is 66.2 cm³/mol. The van der Waals surface area contributed by atoms with Crippen molar-refractivity contribution in [2.24, 2.45) is 5.41 Å². The van der Waals surface area contributed by atoms with Gasteiger partial charge in [-0.25, -0.2) is 0 Å². The minimum Gasteiger partial charge on any atom is -0.480 e. The molecule has 18 heavy (non-hydrogen) atoms. The van der Waals surface area contributed by atoms with Gasteiger partial charge in [0, 0.05) is 29.2 Å². The molecule has 1 fully saturated rings. The van der Waals surface area contributed by atoms with Gasteiger partial charge >= 0.3 is 5.97 Å². The lowest BCUT2D eigenvalue weighted by Gasteiger charge is -2.31. The minimum atomic E-state index is -1.49. The van der Waals surface area contributed by atoms with Crippen LogP contribution in [0.15, 0.2) is 22.8 Å². The molecule has 0 aromatic carbocycles. The Labute approximate surface area is 112 Å². The average Bonchev–Trinajstić information content (AvgIpc) is 2.35. The summed E-state index contributed by atoms with van der Waals surface area (Å²) in [4.78, 5) is 27.5. The zero-order valence-electron chi connectivity index (χ0n) is 9.56. The Balaban J connectivity index is 2.28. The van der Waals surface area contributed by atoms with Gasteiger partial charge in [-0.05, 0) is 28.1 Å². The molecule has 1 saturated heterocycles. The molecule has 1 unspecified atom stereocenters. The number of hydrogen-bond acceptors (Lipinski definition) is 4. The number of nitrogens with zero attached hydrogens (tertiary/aromatic N) is 1. The average molecular weight is 314 g/mol. The number of Topliss-reactive ketones (excluding diaryl/α,β-unsaturated/α-hetero) is 1. The van der Waals surface area contributed by atoms with Crippen molar-refractivity contribution in [1.82, 2.24) is 4.98 Å². The van der Waals surface area contributed by atoms with Gasteiger partial charge in [-0.3, -0.25) is 14.6 Å². The minimum absolute atomic E-state index is 0.0639. The molecule has 2 rings (SSSR count). The van der Waals surface area contributed by atoms with Crippen molar-refractivity contribution in [3.63, 3.8) is 0 Å². The molecular weight excluding hydrogens is 302 g/mol. The molecule has 0 saturated carbocycles. The second kappa shape index (κ2) is 5.16. The maximum absolute atomic E-state index is 11.9. The summed E-state index contributed by atoms with van der Waals surface area (Å²) in [6, 6.07) is 3.47. The van der Waals surface area contributed by atoms with Crippen LogP contribution in [0.4, 0.5) is 0 Å². The number of carboxylic acids is 1. The third-order valence-corrected chi connectivity index (χ3v) is 3.51. The standard InChI is InChI=1S/C12H12BrNO4/c13-8-1-2-9(14-6-8)5-12(11(16)17)7-18-4-3-10(12)15/h1-2,6H,3-5,7H2,(H,16,17). The highest BCUT2D eigenvalue weighted by atomic mass is 79.9. The number of carbonyl (C=O) groups excluding carboxylic acids is 1. The number of pyridine rings is 1. The van der Waals surface area contributed by atoms with Crippen molar-refractivity contribution < 1.29 is 19.4 Å². The summed E-state index contributed by atoms with van der Waals surface area (Å²) >= 11 is 3.25. The van der Waals surface area contributed by atoms with E-state index >= 15 is 0 Å². The first-order valence-electron chi connectivity index (χ1n) is 5.49. The number of halogens is 1. The molecule has 1 aliphatic rings. The first-order valence-corrected chi connectivity index (χ1v) is 6.29. The molecule has 0 bridgehead atoms. The lowest BCUT2D eigenvalue weighted by atomic mass is 9.77. The third kappa shape index (κ3) is 2.44. The Morgan fingerprint density at radius 3 is 2.89 bits per heavy atom. The van der Waals surface area contributed by atoms with Crippen molar-refractivity contribution in [2.75, 3.05) is 13.2 Å². The van der Waals surface area contributed by atoms with Gasteiger partial charge in [0.25, 0.3) is 0 Å². The maximum Gasteiger partial charge on any atom is 0.319 e. The SMILES string of the molecule is O=C(O)C1(Cc2ccc(Br)cn2)COCCC1=O. The Hall–Kier alpha value is -1.27. The van der Waals surface area contributed by atoms with Crippen LogP contribution >= 0.6 is 15.9 Å². The normalized spacial score (nSPS) is 23.9. The zero-order chi connectivity index (χ0) is 13.2. The fourth-order valence-electron chi connectivity index (χ4n) is 1.96. The summed E-state index contributed by atoms with van der Waals surface area (Å²) in [5, 5.41) is 9.34. The second-order valence-electron chi connectivity index (χ2n) is 4.26. The Bertz CT molecular complexity index is 473. The van der Waals surface area contributed by atoms with Gasteiger partial charge in [0.05, 0.1) is 13.2 Å². The highest BCUT2D eigenvalue weighted by Gasteiger charge is 2.48. The number of rotatable bonds is 3. The molecule has 6 heteroatoms. The third-order valence-electron chi connectivity index (χ3n) is 3.04. The molecule has 1 N–H and O–H groups in total. The molecule has 96 valence electrons. The molecule has 0 spiro atoms. The van der Waals surface area contributed by atoms with Crippen LogP contribution in [0.5, 0.6) is 0 Å². The van der Waals surface area contributed by atoms with Gasteiger partial charge in [0.2, 0.25) is 0 Å². The molecular formula is C12H12BrNO4. The lowest BCUT2D eigenvalue weighted by Crippen LogP contribution is -2.48. The van der Waals surface area contributed by atoms with Crippen LogP contribution < -0.4 is 0 Å². The van der Waals surface area contributed by atoms with E-state index in [-0.39, 0.29) is 25.2 Å². The summed E-state index contributed by atoms with van der Waals surface area (Å²) < 4.78 is 5.98. The van der Waals surface area contributed by atoms with E-state index in [0.29, 0.717) is 12.3 Å². The summed E-state index contributed by atoms with van der Waals surface area (Å²) in [6.45, 7) is 0.209. The molecule has 0 aliphatic carbocycles. The number of aliphatic carboxylic acids is 1. The maximum atomic E-state index is 11.9. The van der Waals surface area contributed by atoms with E-state index in [1.54, 1.807) is 18.3 Å². The van der Waals surface area contributed by atoms with Gasteiger partial charge in [0.1, 0.15) is 0 Å². The molecule has 0 amide bonds. The number of carbonyl (C=O) groups is 2. The molecule has 1 aromatic heterocycles. The molecule has 1 atom stereocenters. The molecule has 2 heterocycles. The van der Waals surface area contributed by atoms with Crippen molar-refractivity contribution in [1.29, 1.82) is 0 Å². The summed E-state index contributed by atoms with van der Waals surface area (Å²) in [5.74, 6) is -1.43. The zero-order valence-corrected chi connectivity index (χ0v) is 11.1. The quantitative estimate of drug-likeness (QED) is 0.855. The van der Waals surface area contributed by atoms with Gasteiger partial charge in [-0.2, -0.15) is 0 Å². The van der Waals surface area contributed by atoms with Gasteiger partial charge < -0.3 is 9.84 Å². The number of carboxylic acid groups (broad SMARTS) is 1. The summed E-state index contributed by atoms with van der Waals surface area (Å²) in [6.07, 6.45) is 1.79. The summed E-state index contributed by atoms with van der Waals surface area (Å²) in [7, 11) is 0. The lowest BCUT2D eigenvalue weighted by molar-refractivity contribution is -0.164. The fraction of sp³-hybridized carbons (Fsp3) is 0.417. The Morgan fingerprint density at radius 2 is 2.33 bits per heavy atom. The molecule has 5 nitrogen and oxygen atoms in total. The number of ketones is 1. The van der Waals surface area contributed by atoms with Crippen LogP contribution in [0.3, 0.4) is 0 Å². The van der Waals surface area contributed by atoms with E-state index in [0.717, 1.165) is 4.47 Å². The number of hydrogen-bond donors (Lipinski definition) is 1. The van der Waals surface area contributed by atoms with Crippen LogP contribution in [0.1, 0.15) is 12.1 Å². The van der Waals surface area contributed by atoms with Crippen LogP contribution in [0, 0.1) is 5.41 Å². The molecule has 0 radical (unpaired) electrons. The van der Waals surface area contributed by atoms with E-state index in [1.807, 2.05) is 0 Å². The Morgan fingerprint density at radius 1 is 1.56 bits per heavy atom. The van der Waals surface area contributed by atoms with Crippen molar-refractivity contribution in [2.45, 2.75) is 12.8 Å². The van der Waals surface area contributed by atoms with E-state index < -0.39 is 11.4 Å². The highest BCUT2D eigenvalue weighted by molar-refractivity contribution is 9.10. The van der Waals surface area contributed by atoms with Crippen molar-refractivity contribution in [3.8, 4) is 0 Å². The molecule has 1 aromatic rings. The van der Waals surface area contributed by atoms with Crippen LogP contribution in [0.25, 0.3) is 0 Å². The number of ether oxygens (including phenoxy) is 1. The predicted octanol–water partition coefficient (Wildman–Crippen LogP) is 1.45. The first kappa shape index (κ1) is 13.2. The van der Waals surface area contributed by atoms with Gasteiger partial charge in [0.15, 0.2) is 11.2 Å². The first-order chi connectivity index (χ1) is 8.54. The van der Waals surface area contributed by atoms with Crippen LogP contribution in [-0.2, 0) is 20.7 Å². The number of aromatic nitrogens is 1. The van der Waals surface area contributed by atoms with E-state index in [1.165, 1.54) is 0 Å². The summed E-state index contributed by atoms with van der Waals surface area (Å²) in [5.41, 5.74) is -0.918. The monoisotopic (exact) mass is 313 g/mol. The Kier molecular flexibility index (Phi) is 3.77. The van der Waals surface area contributed by atoms with Gasteiger partial charge in [-0.1, -0.05) is 0 Å². The van der Waals surface area contributed by atoms with Crippen LogP contribution in [-0.4, -0.2) is 35.1 Å². The van der Waals surface area contributed by atoms with E-state index in [4.69, 9.17) is 4.74 Å². The highest BCUT2D eigenvalue weighted by Crippen LogP contribution is 2.29. The fourth-order valence-corrected chi connectivity index (χ4v) is 2.19. The van der Waals surface area contributed by atoms with Crippen molar-refractivity contribution in [3.05, 3.63) is 28.5 Å². The smallest absolute Gasteiger partial charge is 0.319 e. The van der Waals surface area contributed by atoms with E-state index in [2.05, 4.69) is 20.9 Å². The van der Waals surface area contributed by atoms with Crippen LogP contribution in [0.2, 0.25) is 0 Å².